The van der Waals surface area contributed by atoms with Crippen molar-refractivity contribution in [1.82, 2.24) is 4.98 Å². The number of aromatic nitrogens is 1. The van der Waals surface area contributed by atoms with Gasteiger partial charge in [0.05, 0.1) is 25.5 Å². The highest BCUT2D eigenvalue weighted by Crippen LogP contribution is 2.32. The molecule has 0 saturated carbocycles. The van der Waals surface area contributed by atoms with Crippen LogP contribution in [0.3, 0.4) is 0 Å². The van der Waals surface area contributed by atoms with Crippen molar-refractivity contribution < 1.29 is 14.3 Å². The first-order valence-electron chi connectivity index (χ1n) is 8.66. The van der Waals surface area contributed by atoms with E-state index in [4.69, 9.17) is 9.47 Å². The van der Waals surface area contributed by atoms with Crippen molar-refractivity contribution in [2.75, 3.05) is 19.5 Å². The maximum atomic E-state index is 12.9. The van der Waals surface area contributed by atoms with E-state index in [1.165, 1.54) is 11.3 Å². The lowest BCUT2D eigenvalue weighted by Crippen LogP contribution is -2.13. The average Bonchev–Trinajstić information content (AvgIpc) is 3.20. The number of hydrogen-bond acceptors (Lipinski definition) is 5. The van der Waals surface area contributed by atoms with E-state index in [1.54, 1.807) is 14.2 Å². The SMILES string of the molecule is COc1cc2ccccc2cc1C(=O)Nc1nc(-c2ccccc2OC)cs1. The van der Waals surface area contributed by atoms with E-state index in [0.717, 1.165) is 27.8 Å². The van der Waals surface area contributed by atoms with Crippen molar-refractivity contribution in [2.24, 2.45) is 0 Å². The molecular formula is C22H18N2O3S. The van der Waals surface area contributed by atoms with Crippen LogP contribution in [0.25, 0.3) is 22.0 Å². The molecule has 4 aromatic rings. The number of amides is 1. The van der Waals surface area contributed by atoms with Gasteiger partial charge in [0, 0.05) is 10.9 Å². The summed E-state index contributed by atoms with van der Waals surface area (Å²) in [6.07, 6.45) is 0. The third kappa shape index (κ3) is 3.42. The van der Waals surface area contributed by atoms with Crippen molar-refractivity contribution in [3.63, 3.8) is 0 Å². The van der Waals surface area contributed by atoms with Gasteiger partial charge >= 0.3 is 0 Å². The molecule has 4 rings (SSSR count). The van der Waals surface area contributed by atoms with Crippen molar-refractivity contribution in [2.45, 2.75) is 0 Å². The molecule has 0 spiro atoms. The fourth-order valence-corrected chi connectivity index (χ4v) is 3.75. The van der Waals surface area contributed by atoms with Gasteiger partial charge in [-0.25, -0.2) is 4.98 Å². The molecule has 0 aliphatic rings. The van der Waals surface area contributed by atoms with E-state index in [0.29, 0.717) is 16.4 Å². The highest BCUT2D eigenvalue weighted by Gasteiger charge is 2.16. The number of para-hydroxylation sites is 1. The second kappa shape index (κ2) is 7.70. The normalized spacial score (nSPS) is 10.6. The molecule has 3 aromatic carbocycles. The fraction of sp³-hybridized carbons (Fsp3) is 0.0909. The zero-order valence-electron chi connectivity index (χ0n) is 15.4. The first kappa shape index (κ1) is 18.0. The number of methoxy groups -OCH3 is 2. The molecule has 140 valence electrons. The van der Waals surface area contributed by atoms with E-state index in [-0.39, 0.29) is 5.91 Å². The maximum Gasteiger partial charge on any atom is 0.261 e. The van der Waals surface area contributed by atoms with Crippen LogP contribution in [0.4, 0.5) is 5.13 Å². The third-order valence-corrected chi connectivity index (χ3v) is 5.18. The Kier molecular flexibility index (Phi) is 4.95. The third-order valence-electron chi connectivity index (χ3n) is 4.42. The van der Waals surface area contributed by atoms with Gasteiger partial charge in [0.25, 0.3) is 5.91 Å². The van der Waals surface area contributed by atoms with E-state index >= 15 is 0 Å². The molecule has 0 bridgehead atoms. The first-order chi connectivity index (χ1) is 13.7. The molecule has 0 radical (unpaired) electrons. The van der Waals surface area contributed by atoms with Gasteiger partial charge in [-0.1, -0.05) is 36.4 Å². The van der Waals surface area contributed by atoms with Crippen LogP contribution in [0.15, 0.2) is 66.0 Å². The summed E-state index contributed by atoms with van der Waals surface area (Å²) in [7, 11) is 3.18. The van der Waals surface area contributed by atoms with E-state index < -0.39 is 0 Å². The lowest BCUT2D eigenvalue weighted by Gasteiger charge is -2.10. The summed E-state index contributed by atoms with van der Waals surface area (Å²) < 4.78 is 10.8. The van der Waals surface area contributed by atoms with Crippen LogP contribution in [0.1, 0.15) is 10.4 Å². The van der Waals surface area contributed by atoms with Gasteiger partial charge in [0.2, 0.25) is 0 Å². The molecular weight excluding hydrogens is 372 g/mol. The van der Waals surface area contributed by atoms with Gasteiger partial charge < -0.3 is 9.47 Å². The second-order valence-electron chi connectivity index (χ2n) is 6.09. The molecule has 0 aliphatic heterocycles. The van der Waals surface area contributed by atoms with Crippen molar-refractivity contribution >= 4 is 33.1 Å². The highest BCUT2D eigenvalue weighted by atomic mass is 32.1. The van der Waals surface area contributed by atoms with Gasteiger partial charge in [-0.05, 0) is 35.0 Å². The van der Waals surface area contributed by atoms with E-state index in [1.807, 2.05) is 66.0 Å². The molecule has 0 atom stereocenters. The number of anilines is 1. The van der Waals surface area contributed by atoms with Gasteiger partial charge in [0.15, 0.2) is 5.13 Å². The standard InChI is InChI=1S/C22H18N2O3S/c1-26-19-10-6-5-9-16(19)18-13-28-22(23-18)24-21(25)17-11-14-7-3-4-8-15(14)12-20(17)27-2/h3-13H,1-2H3,(H,23,24,25). The quantitative estimate of drug-likeness (QED) is 0.507. The summed E-state index contributed by atoms with van der Waals surface area (Å²) in [5.41, 5.74) is 2.10. The molecule has 0 unspecified atom stereocenters. The Hall–Kier alpha value is -3.38. The van der Waals surface area contributed by atoms with E-state index in [9.17, 15) is 4.79 Å². The molecule has 0 saturated heterocycles. The molecule has 5 nitrogen and oxygen atoms in total. The number of carbonyl (C=O) groups excluding carboxylic acids is 1. The monoisotopic (exact) mass is 390 g/mol. The highest BCUT2D eigenvalue weighted by molar-refractivity contribution is 7.14. The Bertz CT molecular complexity index is 1150. The van der Waals surface area contributed by atoms with Crippen LogP contribution in [0.5, 0.6) is 11.5 Å². The minimum atomic E-state index is -0.261. The second-order valence-corrected chi connectivity index (χ2v) is 6.95. The van der Waals surface area contributed by atoms with Crippen LogP contribution < -0.4 is 14.8 Å². The van der Waals surface area contributed by atoms with Crippen LogP contribution >= 0.6 is 11.3 Å². The minimum Gasteiger partial charge on any atom is -0.496 e. The smallest absolute Gasteiger partial charge is 0.261 e. The molecule has 28 heavy (non-hydrogen) atoms. The summed E-state index contributed by atoms with van der Waals surface area (Å²) in [6.45, 7) is 0. The summed E-state index contributed by atoms with van der Waals surface area (Å²) in [5, 5.41) is 7.27. The number of rotatable bonds is 5. The number of hydrogen-bond donors (Lipinski definition) is 1. The Morgan fingerprint density at radius 2 is 1.61 bits per heavy atom. The number of carbonyl (C=O) groups is 1. The Morgan fingerprint density at radius 3 is 2.36 bits per heavy atom. The number of benzene rings is 3. The lowest BCUT2D eigenvalue weighted by molar-refractivity contribution is 0.102. The van der Waals surface area contributed by atoms with Gasteiger partial charge in [-0.2, -0.15) is 0 Å². The van der Waals surface area contributed by atoms with Gasteiger partial charge in [0.1, 0.15) is 11.5 Å². The number of fused-ring (bicyclic) bond motifs is 1. The Balaban J connectivity index is 1.63. The van der Waals surface area contributed by atoms with Gasteiger partial charge in [-0.15, -0.1) is 11.3 Å². The zero-order valence-corrected chi connectivity index (χ0v) is 16.2. The molecule has 1 amide bonds. The first-order valence-corrected chi connectivity index (χ1v) is 9.54. The zero-order chi connectivity index (χ0) is 19.5. The Morgan fingerprint density at radius 1 is 0.929 bits per heavy atom. The summed E-state index contributed by atoms with van der Waals surface area (Å²) >= 11 is 1.36. The lowest BCUT2D eigenvalue weighted by atomic mass is 10.1. The minimum absolute atomic E-state index is 0.261. The summed E-state index contributed by atoms with van der Waals surface area (Å²) in [5.74, 6) is 1.00. The van der Waals surface area contributed by atoms with Crippen molar-refractivity contribution in [3.05, 3.63) is 71.6 Å². The van der Waals surface area contributed by atoms with Crippen molar-refractivity contribution in [3.8, 4) is 22.8 Å². The van der Waals surface area contributed by atoms with E-state index in [2.05, 4.69) is 10.3 Å². The number of nitrogens with one attached hydrogen (secondary N) is 1. The van der Waals surface area contributed by atoms with Gasteiger partial charge in [-0.3, -0.25) is 10.1 Å². The molecule has 1 N–H and O–H groups in total. The number of thiazole rings is 1. The molecule has 0 aliphatic carbocycles. The van der Waals surface area contributed by atoms with Crippen molar-refractivity contribution in [1.29, 1.82) is 0 Å². The van der Waals surface area contributed by atoms with Crippen LogP contribution in [0.2, 0.25) is 0 Å². The predicted molar refractivity (Wildman–Crippen MR) is 113 cm³/mol. The average molecular weight is 390 g/mol. The molecule has 6 heteroatoms. The van der Waals surface area contributed by atoms with Crippen LogP contribution in [-0.2, 0) is 0 Å². The fourth-order valence-electron chi connectivity index (χ4n) is 3.04. The molecule has 1 aromatic heterocycles. The molecule has 0 fully saturated rings. The number of nitrogens with zero attached hydrogens (tertiary/aromatic N) is 1. The Labute approximate surface area is 166 Å². The topological polar surface area (TPSA) is 60.5 Å². The van der Waals surface area contributed by atoms with Crippen LogP contribution in [0, 0.1) is 0 Å². The maximum absolute atomic E-state index is 12.9. The predicted octanol–water partition coefficient (Wildman–Crippen LogP) is 5.23. The number of ether oxygens (including phenoxy) is 2. The summed E-state index contributed by atoms with van der Waals surface area (Å²) in [4.78, 5) is 17.4. The summed E-state index contributed by atoms with van der Waals surface area (Å²) in [6, 6.07) is 19.2. The molecule has 1 heterocycles. The van der Waals surface area contributed by atoms with Crippen LogP contribution in [-0.4, -0.2) is 25.1 Å². The largest absolute Gasteiger partial charge is 0.496 e.